The van der Waals surface area contributed by atoms with E-state index in [2.05, 4.69) is 5.32 Å². The number of ether oxygens (including phenoxy) is 2. The highest BCUT2D eigenvalue weighted by molar-refractivity contribution is 5.71. The number of nitro benzene ring substituents is 1. The smallest absolute Gasteiger partial charge is 0.305 e. The molecule has 1 aromatic carbocycles. The molecule has 8 nitrogen and oxygen atoms in total. The number of nitrogens with zero attached hydrogens (tertiary/aromatic N) is 1. The molecule has 0 fully saturated rings. The molecule has 0 aliphatic rings. The van der Waals surface area contributed by atoms with E-state index in [9.17, 15) is 14.9 Å². The largest absolute Gasteiger partial charge is 0.493 e. The number of methoxy groups -OCH3 is 2. The lowest BCUT2D eigenvalue weighted by atomic mass is 10.2. The molecule has 1 atom stereocenters. The summed E-state index contributed by atoms with van der Waals surface area (Å²) in [4.78, 5) is 21.1. The first-order chi connectivity index (χ1) is 9.38. The van der Waals surface area contributed by atoms with E-state index >= 15 is 0 Å². The van der Waals surface area contributed by atoms with Crippen LogP contribution in [0.5, 0.6) is 11.5 Å². The van der Waals surface area contributed by atoms with Gasteiger partial charge in [-0.05, 0) is 6.92 Å². The predicted molar refractivity (Wildman–Crippen MR) is 71.5 cm³/mol. The molecule has 0 spiro atoms. The van der Waals surface area contributed by atoms with Gasteiger partial charge in [-0.1, -0.05) is 0 Å². The quantitative estimate of drug-likeness (QED) is 0.580. The van der Waals surface area contributed by atoms with E-state index in [1.165, 1.54) is 26.4 Å². The number of aliphatic carboxylic acids is 1. The van der Waals surface area contributed by atoms with E-state index in [1.54, 1.807) is 6.92 Å². The summed E-state index contributed by atoms with van der Waals surface area (Å²) >= 11 is 0. The molecular formula is C12H16N2O6. The van der Waals surface area contributed by atoms with Gasteiger partial charge >= 0.3 is 5.97 Å². The summed E-state index contributed by atoms with van der Waals surface area (Å²) in [6, 6.07) is 2.17. The molecular weight excluding hydrogens is 268 g/mol. The van der Waals surface area contributed by atoms with Crippen LogP contribution in [-0.2, 0) is 4.79 Å². The van der Waals surface area contributed by atoms with Gasteiger partial charge in [0.15, 0.2) is 11.5 Å². The van der Waals surface area contributed by atoms with Crippen molar-refractivity contribution in [3.8, 4) is 11.5 Å². The maximum Gasteiger partial charge on any atom is 0.305 e. The van der Waals surface area contributed by atoms with Crippen LogP contribution in [0.3, 0.4) is 0 Å². The molecule has 0 amide bonds. The van der Waals surface area contributed by atoms with Crippen LogP contribution in [0, 0.1) is 10.1 Å². The van der Waals surface area contributed by atoms with E-state index in [4.69, 9.17) is 14.6 Å². The van der Waals surface area contributed by atoms with Gasteiger partial charge in [0.25, 0.3) is 5.69 Å². The Morgan fingerprint density at radius 1 is 1.40 bits per heavy atom. The second kappa shape index (κ2) is 6.60. The molecule has 0 saturated heterocycles. The highest BCUT2D eigenvalue weighted by atomic mass is 16.6. The molecule has 0 heterocycles. The van der Waals surface area contributed by atoms with E-state index < -0.39 is 16.9 Å². The standard InChI is InChI=1S/C12H16N2O6/c1-7(4-12(15)16)13-8-5-10(19-2)11(20-3)6-9(8)14(17)18/h5-7,13H,4H2,1-3H3,(H,15,16). The second-order valence-electron chi connectivity index (χ2n) is 4.12. The third-order valence-electron chi connectivity index (χ3n) is 2.58. The van der Waals surface area contributed by atoms with Gasteiger partial charge in [0.05, 0.1) is 31.6 Å². The summed E-state index contributed by atoms with van der Waals surface area (Å²) < 4.78 is 10.1. The van der Waals surface area contributed by atoms with Gasteiger partial charge in [0.2, 0.25) is 0 Å². The first kappa shape index (κ1) is 15.5. The number of hydrogen-bond acceptors (Lipinski definition) is 6. The Balaban J connectivity index is 3.15. The van der Waals surface area contributed by atoms with Crippen LogP contribution in [0.2, 0.25) is 0 Å². The van der Waals surface area contributed by atoms with E-state index in [-0.39, 0.29) is 23.5 Å². The molecule has 0 aliphatic carbocycles. The van der Waals surface area contributed by atoms with E-state index in [1.807, 2.05) is 0 Å². The lowest BCUT2D eigenvalue weighted by molar-refractivity contribution is -0.384. The third kappa shape index (κ3) is 3.74. The lowest BCUT2D eigenvalue weighted by Crippen LogP contribution is -2.20. The summed E-state index contributed by atoms with van der Waals surface area (Å²) in [5, 5.41) is 22.5. The van der Waals surface area contributed by atoms with Crippen LogP contribution in [0.15, 0.2) is 12.1 Å². The molecule has 0 bridgehead atoms. The first-order valence-corrected chi connectivity index (χ1v) is 5.77. The van der Waals surface area contributed by atoms with Crippen molar-refractivity contribution in [3.05, 3.63) is 22.2 Å². The van der Waals surface area contributed by atoms with Crippen LogP contribution in [0.1, 0.15) is 13.3 Å². The molecule has 110 valence electrons. The number of benzene rings is 1. The van der Waals surface area contributed by atoms with Crippen molar-refractivity contribution in [2.45, 2.75) is 19.4 Å². The number of rotatable bonds is 7. The number of anilines is 1. The molecule has 1 rings (SSSR count). The summed E-state index contributed by atoms with van der Waals surface area (Å²) in [5.74, 6) is -0.438. The van der Waals surface area contributed by atoms with Gasteiger partial charge in [0, 0.05) is 12.1 Å². The summed E-state index contributed by atoms with van der Waals surface area (Å²) in [6.07, 6.45) is -0.161. The Morgan fingerprint density at radius 2 is 1.95 bits per heavy atom. The Kier molecular flexibility index (Phi) is 5.13. The number of hydrogen-bond donors (Lipinski definition) is 2. The van der Waals surface area contributed by atoms with E-state index in [0.29, 0.717) is 5.75 Å². The fourth-order valence-electron chi connectivity index (χ4n) is 1.71. The predicted octanol–water partition coefficient (Wildman–Crippen LogP) is 1.89. The van der Waals surface area contributed by atoms with Crippen molar-refractivity contribution in [3.63, 3.8) is 0 Å². The lowest BCUT2D eigenvalue weighted by Gasteiger charge is -2.15. The summed E-state index contributed by atoms with van der Waals surface area (Å²) in [5.41, 5.74) is -0.0266. The molecule has 2 N–H and O–H groups in total. The summed E-state index contributed by atoms with van der Waals surface area (Å²) in [6.45, 7) is 1.62. The van der Waals surface area contributed by atoms with Crippen molar-refractivity contribution >= 4 is 17.3 Å². The third-order valence-corrected chi connectivity index (χ3v) is 2.58. The number of nitrogens with one attached hydrogen (secondary N) is 1. The van der Waals surface area contributed by atoms with Gasteiger partial charge < -0.3 is 19.9 Å². The van der Waals surface area contributed by atoms with Crippen LogP contribution >= 0.6 is 0 Å². The molecule has 20 heavy (non-hydrogen) atoms. The topological polar surface area (TPSA) is 111 Å². The Morgan fingerprint density at radius 3 is 2.40 bits per heavy atom. The second-order valence-corrected chi connectivity index (χ2v) is 4.12. The van der Waals surface area contributed by atoms with Crippen molar-refractivity contribution in [1.29, 1.82) is 0 Å². The monoisotopic (exact) mass is 284 g/mol. The zero-order valence-electron chi connectivity index (χ0n) is 11.4. The van der Waals surface area contributed by atoms with Crippen LogP contribution in [-0.4, -0.2) is 36.3 Å². The Hall–Kier alpha value is -2.51. The van der Waals surface area contributed by atoms with Gasteiger partial charge in [-0.3, -0.25) is 14.9 Å². The maximum atomic E-state index is 11.0. The van der Waals surface area contributed by atoms with Gasteiger partial charge in [-0.25, -0.2) is 0 Å². The van der Waals surface area contributed by atoms with Crippen molar-refractivity contribution in [1.82, 2.24) is 0 Å². The average Bonchev–Trinajstić information content (AvgIpc) is 2.36. The maximum absolute atomic E-state index is 11.0. The molecule has 1 unspecified atom stereocenters. The SMILES string of the molecule is COc1cc(NC(C)CC(=O)O)c([N+](=O)[O-])cc1OC. The molecule has 0 aromatic heterocycles. The highest BCUT2D eigenvalue weighted by Crippen LogP contribution is 2.37. The molecule has 0 aliphatic heterocycles. The van der Waals surface area contributed by atoms with Crippen LogP contribution in [0.4, 0.5) is 11.4 Å². The Bertz CT molecular complexity index is 517. The molecule has 0 radical (unpaired) electrons. The van der Waals surface area contributed by atoms with Crippen LogP contribution < -0.4 is 14.8 Å². The average molecular weight is 284 g/mol. The minimum Gasteiger partial charge on any atom is -0.493 e. The minimum atomic E-state index is -0.992. The Labute approximate surface area is 115 Å². The number of carboxylic acids is 1. The summed E-state index contributed by atoms with van der Waals surface area (Å²) in [7, 11) is 2.79. The molecule has 1 aromatic rings. The minimum absolute atomic E-state index is 0.161. The van der Waals surface area contributed by atoms with Crippen LogP contribution in [0.25, 0.3) is 0 Å². The van der Waals surface area contributed by atoms with Crippen molar-refractivity contribution in [2.24, 2.45) is 0 Å². The fraction of sp³-hybridized carbons (Fsp3) is 0.417. The normalized spacial score (nSPS) is 11.6. The van der Waals surface area contributed by atoms with Gasteiger partial charge in [0.1, 0.15) is 5.69 Å². The zero-order chi connectivity index (χ0) is 15.3. The number of nitro groups is 1. The highest BCUT2D eigenvalue weighted by Gasteiger charge is 2.21. The number of carboxylic acid groups (broad SMARTS) is 1. The zero-order valence-corrected chi connectivity index (χ0v) is 11.4. The first-order valence-electron chi connectivity index (χ1n) is 5.77. The van der Waals surface area contributed by atoms with Gasteiger partial charge in [-0.2, -0.15) is 0 Å². The van der Waals surface area contributed by atoms with Gasteiger partial charge in [-0.15, -0.1) is 0 Å². The van der Waals surface area contributed by atoms with Crippen molar-refractivity contribution < 1.29 is 24.3 Å². The molecule has 0 saturated carbocycles. The fourth-order valence-corrected chi connectivity index (χ4v) is 1.71. The molecule has 8 heteroatoms. The van der Waals surface area contributed by atoms with Crippen molar-refractivity contribution in [2.75, 3.05) is 19.5 Å². The van der Waals surface area contributed by atoms with E-state index in [0.717, 1.165) is 0 Å². The number of carbonyl (C=O) groups is 1.